The minimum atomic E-state index is -0.100. The molecule has 2 heterocycles. The molecular weight excluding hydrogens is 510 g/mol. The summed E-state index contributed by atoms with van der Waals surface area (Å²) in [6, 6.07) is 45.6. The molecule has 2 aromatic heterocycles. The highest BCUT2D eigenvalue weighted by molar-refractivity contribution is 6.13. The summed E-state index contributed by atoms with van der Waals surface area (Å²) in [4.78, 5) is 10.7. The van der Waals surface area contributed by atoms with Gasteiger partial charge in [0, 0.05) is 32.5 Å². The Morgan fingerprint density at radius 1 is 0.524 bits per heavy atom. The Hall–Kier alpha value is -5.28. The lowest BCUT2D eigenvalue weighted by Gasteiger charge is -2.21. The summed E-state index contributed by atoms with van der Waals surface area (Å²) in [5.74, 6) is 0.692. The predicted octanol–water partition coefficient (Wildman–Crippen LogP) is 9.85. The number of rotatable bonds is 2. The van der Waals surface area contributed by atoms with Gasteiger partial charge < -0.3 is 0 Å². The second kappa shape index (κ2) is 8.37. The summed E-state index contributed by atoms with van der Waals surface area (Å²) in [7, 11) is 0. The zero-order chi connectivity index (χ0) is 28.0. The van der Waals surface area contributed by atoms with Crippen molar-refractivity contribution in [2.75, 3.05) is 0 Å². The molecule has 0 bridgehead atoms. The average Bonchev–Trinajstić information content (AvgIpc) is 3.48. The zero-order valence-corrected chi connectivity index (χ0v) is 23.5. The first-order valence-electron chi connectivity index (χ1n) is 14.5. The average molecular weight is 538 g/mol. The monoisotopic (exact) mass is 537 g/mol. The molecule has 6 aromatic carbocycles. The van der Waals surface area contributed by atoms with Crippen LogP contribution in [0.3, 0.4) is 0 Å². The molecule has 42 heavy (non-hydrogen) atoms. The lowest BCUT2D eigenvalue weighted by atomic mass is 9.82. The number of para-hydroxylation sites is 1. The minimum absolute atomic E-state index is 0.100. The van der Waals surface area contributed by atoms with Gasteiger partial charge >= 0.3 is 0 Å². The first-order valence-corrected chi connectivity index (χ1v) is 14.5. The van der Waals surface area contributed by atoms with E-state index >= 15 is 0 Å². The van der Waals surface area contributed by atoms with Gasteiger partial charge in [-0.25, -0.2) is 9.97 Å². The van der Waals surface area contributed by atoms with Crippen LogP contribution in [0.5, 0.6) is 0 Å². The highest BCUT2D eigenvalue weighted by Crippen LogP contribution is 2.51. The van der Waals surface area contributed by atoms with Crippen molar-refractivity contribution in [1.29, 1.82) is 0 Å². The van der Waals surface area contributed by atoms with E-state index in [0.717, 1.165) is 38.6 Å². The molecule has 0 N–H and O–H groups in total. The van der Waals surface area contributed by atoms with Gasteiger partial charge in [-0.15, -0.1) is 0 Å². The first-order chi connectivity index (χ1) is 20.6. The molecule has 0 saturated heterocycles. The van der Waals surface area contributed by atoms with E-state index in [1.54, 1.807) is 0 Å². The van der Waals surface area contributed by atoms with Gasteiger partial charge in [-0.1, -0.05) is 117 Å². The Morgan fingerprint density at radius 2 is 1.26 bits per heavy atom. The van der Waals surface area contributed by atoms with Crippen LogP contribution >= 0.6 is 0 Å². The van der Waals surface area contributed by atoms with Gasteiger partial charge in [0.15, 0.2) is 0 Å². The Bertz CT molecular complexity index is 2380. The van der Waals surface area contributed by atoms with E-state index in [2.05, 4.69) is 146 Å². The minimum Gasteiger partial charge on any atom is -0.278 e. The van der Waals surface area contributed by atoms with Gasteiger partial charge in [0.2, 0.25) is 5.95 Å². The van der Waals surface area contributed by atoms with E-state index in [1.807, 2.05) is 0 Å². The van der Waals surface area contributed by atoms with Gasteiger partial charge in [-0.05, 0) is 51.9 Å². The van der Waals surface area contributed by atoms with Crippen LogP contribution in [0.1, 0.15) is 25.0 Å². The maximum atomic E-state index is 5.35. The summed E-state index contributed by atoms with van der Waals surface area (Å²) in [5.41, 5.74) is 10.5. The summed E-state index contributed by atoms with van der Waals surface area (Å²) in [6.07, 6.45) is 0. The Morgan fingerprint density at radius 3 is 2.14 bits per heavy atom. The van der Waals surface area contributed by atoms with Crippen LogP contribution in [0, 0.1) is 0 Å². The molecular formula is C39H27N3. The third-order valence-electron chi connectivity index (χ3n) is 9.20. The molecule has 3 nitrogen and oxygen atoms in total. The molecule has 0 aliphatic heterocycles. The summed E-state index contributed by atoms with van der Waals surface area (Å²) >= 11 is 0. The standard InChI is InChI=1S/C39H27N3/c1-39(2)32-18-10-8-16-27(32)30-22-31-28-17-9-11-19-34(28)42(35(31)23-33(30)39)38-40-36(25-13-4-3-5-14-25)29-21-20-24-12-6-7-15-26(24)37(29)41-38/h3-23H,1-2H3. The molecule has 0 unspecified atom stereocenters. The fourth-order valence-corrected chi connectivity index (χ4v) is 7.15. The van der Waals surface area contributed by atoms with Gasteiger partial charge in [0.25, 0.3) is 0 Å². The topological polar surface area (TPSA) is 30.7 Å². The molecule has 1 aliphatic carbocycles. The lowest BCUT2D eigenvalue weighted by molar-refractivity contribution is 0.661. The van der Waals surface area contributed by atoms with E-state index < -0.39 is 0 Å². The molecule has 9 rings (SSSR count). The Balaban J connectivity index is 1.43. The third kappa shape index (κ3) is 3.11. The van der Waals surface area contributed by atoms with Crippen molar-refractivity contribution in [2.24, 2.45) is 0 Å². The van der Waals surface area contributed by atoms with E-state index in [-0.39, 0.29) is 5.41 Å². The SMILES string of the molecule is CC1(C)c2ccccc2-c2cc3c4ccccc4n(-c4nc(-c5ccccc5)c5ccc6ccccc6c5n4)c3cc21. The first kappa shape index (κ1) is 23.4. The van der Waals surface area contributed by atoms with E-state index in [0.29, 0.717) is 5.95 Å². The van der Waals surface area contributed by atoms with Crippen molar-refractivity contribution in [3.8, 4) is 28.3 Å². The Kier molecular flexibility index (Phi) is 4.67. The van der Waals surface area contributed by atoms with Crippen molar-refractivity contribution in [2.45, 2.75) is 19.3 Å². The molecule has 8 aromatic rings. The molecule has 0 amide bonds. The van der Waals surface area contributed by atoms with Crippen LogP contribution in [0.2, 0.25) is 0 Å². The van der Waals surface area contributed by atoms with Crippen molar-refractivity contribution in [1.82, 2.24) is 14.5 Å². The molecule has 0 fully saturated rings. The number of benzene rings is 6. The maximum absolute atomic E-state index is 5.35. The predicted molar refractivity (Wildman–Crippen MR) is 174 cm³/mol. The second-order valence-electron chi connectivity index (χ2n) is 11.9. The number of hydrogen-bond donors (Lipinski definition) is 0. The van der Waals surface area contributed by atoms with Crippen LogP contribution in [0.15, 0.2) is 127 Å². The van der Waals surface area contributed by atoms with E-state index in [1.165, 1.54) is 38.4 Å². The largest absolute Gasteiger partial charge is 0.278 e. The highest BCUT2D eigenvalue weighted by atomic mass is 15.2. The van der Waals surface area contributed by atoms with Crippen LogP contribution < -0.4 is 0 Å². The number of aromatic nitrogens is 3. The molecule has 0 saturated carbocycles. The van der Waals surface area contributed by atoms with Gasteiger partial charge in [-0.2, -0.15) is 0 Å². The van der Waals surface area contributed by atoms with Crippen LogP contribution in [0.4, 0.5) is 0 Å². The zero-order valence-electron chi connectivity index (χ0n) is 23.5. The smallest absolute Gasteiger partial charge is 0.235 e. The second-order valence-corrected chi connectivity index (χ2v) is 11.9. The molecule has 0 spiro atoms. The summed E-state index contributed by atoms with van der Waals surface area (Å²) in [6.45, 7) is 4.67. The molecule has 0 radical (unpaired) electrons. The summed E-state index contributed by atoms with van der Waals surface area (Å²) < 4.78 is 2.28. The van der Waals surface area contributed by atoms with Gasteiger partial charge in [-0.3, -0.25) is 4.57 Å². The lowest BCUT2D eigenvalue weighted by Crippen LogP contribution is -2.15. The molecule has 0 atom stereocenters. The fraction of sp³-hybridized carbons (Fsp3) is 0.0769. The number of nitrogens with zero attached hydrogens (tertiary/aromatic N) is 3. The third-order valence-corrected chi connectivity index (χ3v) is 9.20. The fourth-order valence-electron chi connectivity index (χ4n) is 7.15. The van der Waals surface area contributed by atoms with Crippen molar-refractivity contribution < 1.29 is 0 Å². The van der Waals surface area contributed by atoms with Crippen LogP contribution in [-0.2, 0) is 5.41 Å². The van der Waals surface area contributed by atoms with Crippen molar-refractivity contribution in [3.05, 3.63) is 139 Å². The molecule has 3 heteroatoms. The molecule has 198 valence electrons. The Labute approximate surface area is 243 Å². The number of hydrogen-bond acceptors (Lipinski definition) is 2. The van der Waals surface area contributed by atoms with Crippen LogP contribution in [0.25, 0.3) is 71.8 Å². The normalized spacial score (nSPS) is 13.7. The van der Waals surface area contributed by atoms with E-state index in [9.17, 15) is 0 Å². The number of fused-ring (bicyclic) bond motifs is 9. The maximum Gasteiger partial charge on any atom is 0.235 e. The van der Waals surface area contributed by atoms with Crippen LogP contribution in [-0.4, -0.2) is 14.5 Å². The highest BCUT2D eigenvalue weighted by Gasteiger charge is 2.36. The van der Waals surface area contributed by atoms with Gasteiger partial charge in [0.05, 0.1) is 22.2 Å². The van der Waals surface area contributed by atoms with Gasteiger partial charge in [0.1, 0.15) is 0 Å². The van der Waals surface area contributed by atoms with Crippen molar-refractivity contribution >= 4 is 43.5 Å². The quantitative estimate of drug-likeness (QED) is 0.205. The summed E-state index contributed by atoms with van der Waals surface area (Å²) in [5, 5.41) is 5.80. The van der Waals surface area contributed by atoms with E-state index in [4.69, 9.17) is 9.97 Å². The molecule has 1 aliphatic rings. The van der Waals surface area contributed by atoms with Crippen molar-refractivity contribution in [3.63, 3.8) is 0 Å².